The Kier molecular flexibility index (Phi) is 5.07. The summed E-state index contributed by atoms with van der Waals surface area (Å²) in [4.78, 5) is 39.4. The Morgan fingerprint density at radius 1 is 1.24 bits per heavy atom. The normalized spacial score (nSPS) is 21.1. The summed E-state index contributed by atoms with van der Waals surface area (Å²) in [6, 6.07) is 8.19. The van der Waals surface area contributed by atoms with Crippen LogP contribution in [0.2, 0.25) is 0 Å². The number of hydrogen-bond acceptors (Lipinski definition) is 6. The Bertz CT molecular complexity index is 1430. The highest BCUT2D eigenvalue weighted by Crippen LogP contribution is 2.50. The first-order valence-corrected chi connectivity index (χ1v) is 13.2. The monoisotopic (exact) mass is 491 g/mol. The van der Waals surface area contributed by atoms with Crippen molar-refractivity contribution < 1.29 is 9.59 Å². The van der Waals surface area contributed by atoms with Crippen molar-refractivity contribution in [2.75, 3.05) is 13.1 Å². The van der Waals surface area contributed by atoms with Crippen molar-refractivity contribution in [3.8, 4) is 10.4 Å². The van der Waals surface area contributed by atoms with Gasteiger partial charge in [-0.1, -0.05) is 29.8 Å². The van der Waals surface area contributed by atoms with Crippen molar-refractivity contribution in [3.05, 3.63) is 63.5 Å². The number of piperidine rings is 1. The van der Waals surface area contributed by atoms with Gasteiger partial charge in [0.25, 0.3) is 11.8 Å². The van der Waals surface area contributed by atoms with E-state index in [0.29, 0.717) is 29.8 Å². The smallest absolute Gasteiger partial charge is 0.274 e. The number of amides is 2. The lowest BCUT2D eigenvalue weighted by molar-refractivity contribution is 0.0690. The molecule has 2 fully saturated rings. The van der Waals surface area contributed by atoms with Gasteiger partial charge in [-0.05, 0) is 44.6 Å². The molecule has 0 radical (unpaired) electrons. The van der Waals surface area contributed by atoms with E-state index in [4.69, 9.17) is 0 Å². The summed E-state index contributed by atoms with van der Waals surface area (Å²) < 4.78 is 1.88. The molecule has 2 amide bonds. The van der Waals surface area contributed by atoms with Gasteiger partial charge in [0.15, 0.2) is 4.96 Å². The molecule has 4 aromatic rings. The second kappa shape index (κ2) is 8.02. The maximum Gasteiger partial charge on any atom is 0.274 e. The van der Waals surface area contributed by atoms with E-state index in [2.05, 4.69) is 34.3 Å². The molecule has 9 heteroatoms. The Balaban J connectivity index is 1.23. The lowest BCUT2D eigenvalue weighted by Crippen LogP contribution is -2.46. The molecule has 3 atom stereocenters. The minimum atomic E-state index is -0.157. The number of carbonyl (C=O) groups excluding carboxylic acids is 2. The fraction of sp³-hybridized carbons (Fsp3) is 0.360. The number of aryl methyl sites for hydroxylation is 3. The zero-order valence-corrected chi connectivity index (χ0v) is 20.9. The van der Waals surface area contributed by atoms with Crippen LogP contribution in [-0.2, 0) is 0 Å². The molecule has 1 N–H and O–H groups in total. The standard InChI is InChI=1S/C25H25N5O2S2/c1-13-5-4-6-16(7-13)22-21(28-15(3)34-22)24(32)29-11-17-8-18(17)19(29)9-26-23(31)20-10-27-25-30(20)14(2)12-33-25/h4-7,10,12,17-19H,8-9,11H2,1-3H3,(H,26,31)/t17-,18-,19+/m0/s1. The van der Waals surface area contributed by atoms with E-state index in [0.717, 1.165) is 44.6 Å². The fourth-order valence-corrected chi connectivity index (χ4v) is 6.90. The summed E-state index contributed by atoms with van der Waals surface area (Å²) in [5.41, 5.74) is 4.23. The van der Waals surface area contributed by atoms with Gasteiger partial charge in [-0.3, -0.25) is 14.0 Å². The number of nitrogens with one attached hydrogen (secondary N) is 1. The molecule has 1 aliphatic heterocycles. The number of carbonyl (C=O) groups is 2. The Labute approximate surface area is 205 Å². The summed E-state index contributed by atoms with van der Waals surface area (Å²) in [5, 5.41) is 5.95. The number of hydrogen-bond donors (Lipinski definition) is 1. The van der Waals surface area contributed by atoms with E-state index in [1.807, 2.05) is 40.7 Å². The van der Waals surface area contributed by atoms with Gasteiger partial charge in [-0.2, -0.15) is 0 Å². The van der Waals surface area contributed by atoms with E-state index < -0.39 is 0 Å². The molecule has 4 heterocycles. The zero-order valence-electron chi connectivity index (χ0n) is 19.2. The first-order chi connectivity index (χ1) is 16.4. The number of nitrogens with zero attached hydrogens (tertiary/aromatic N) is 4. The van der Waals surface area contributed by atoms with Crippen molar-refractivity contribution >= 4 is 39.4 Å². The minimum absolute atomic E-state index is 0.0131. The Hall–Kier alpha value is -3.04. The van der Waals surface area contributed by atoms with Gasteiger partial charge in [0, 0.05) is 24.2 Å². The Morgan fingerprint density at radius 3 is 2.91 bits per heavy atom. The molecule has 2 aliphatic rings. The molecule has 0 unspecified atom stereocenters. The number of fused-ring (bicyclic) bond motifs is 2. The molecule has 3 aromatic heterocycles. The van der Waals surface area contributed by atoms with Crippen LogP contribution < -0.4 is 5.32 Å². The lowest BCUT2D eigenvalue weighted by atomic mass is 10.1. The van der Waals surface area contributed by atoms with E-state index in [9.17, 15) is 9.59 Å². The van der Waals surface area contributed by atoms with Crippen LogP contribution in [0.15, 0.2) is 35.8 Å². The summed E-state index contributed by atoms with van der Waals surface area (Å²) >= 11 is 3.08. The SMILES string of the molecule is Cc1cccc(-c2sc(C)nc2C(=O)N2C[C@@H]3C[C@@H]3[C@H]2CNC(=O)c2cnc3scc(C)n23)c1. The van der Waals surface area contributed by atoms with Crippen LogP contribution >= 0.6 is 22.7 Å². The largest absolute Gasteiger partial charge is 0.349 e. The molecular weight excluding hydrogens is 466 g/mol. The predicted octanol–water partition coefficient (Wildman–Crippen LogP) is 4.34. The highest BCUT2D eigenvalue weighted by Gasteiger charge is 2.54. The molecular formula is C25H25N5O2S2. The molecule has 1 aliphatic carbocycles. The topological polar surface area (TPSA) is 79.6 Å². The van der Waals surface area contributed by atoms with Gasteiger partial charge in [-0.15, -0.1) is 22.7 Å². The molecule has 1 saturated carbocycles. The van der Waals surface area contributed by atoms with Gasteiger partial charge < -0.3 is 10.2 Å². The first kappa shape index (κ1) is 21.5. The average Bonchev–Trinajstić information content (AvgIpc) is 3.18. The van der Waals surface area contributed by atoms with Crippen LogP contribution in [0.5, 0.6) is 0 Å². The molecule has 0 bridgehead atoms. The molecule has 174 valence electrons. The maximum atomic E-state index is 13.7. The van der Waals surface area contributed by atoms with Crippen molar-refractivity contribution in [3.63, 3.8) is 0 Å². The van der Waals surface area contributed by atoms with E-state index in [1.54, 1.807) is 17.5 Å². The van der Waals surface area contributed by atoms with Gasteiger partial charge in [0.2, 0.25) is 0 Å². The van der Waals surface area contributed by atoms with Crippen molar-refractivity contribution in [1.82, 2.24) is 24.6 Å². The van der Waals surface area contributed by atoms with Gasteiger partial charge >= 0.3 is 0 Å². The van der Waals surface area contributed by atoms with Gasteiger partial charge in [-0.25, -0.2) is 9.97 Å². The third kappa shape index (κ3) is 3.54. The van der Waals surface area contributed by atoms with Crippen molar-refractivity contribution in [2.24, 2.45) is 11.8 Å². The summed E-state index contributed by atoms with van der Waals surface area (Å²) in [7, 11) is 0. The summed E-state index contributed by atoms with van der Waals surface area (Å²) in [6.45, 7) is 7.13. The summed E-state index contributed by atoms with van der Waals surface area (Å²) in [6.07, 6.45) is 2.74. The van der Waals surface area contributed by atoms with Crippen LogP contribution in [-0.4, -0.2) is 50.2 Å². The quantitative estimate of drug-likeness (QED) is 0.451. The van der Waals surface area contributed by atoms with Crippen molar-refractivity contribution in [2.45, 2.75) is 33.2 Å². The van der Waals surface area contributed by atoms with Crippen LogP contribution in [0.3, 0.4) is 0 Å². The molecule has 1 aromatic carbocycles. The second-order valence-corrected chi connectivity index (χ2v) is 11.4. The first-order valence-electron chi connectivity index (χ1n) is 11.5. The van der Waals surface area contributed by atoms with E-state index in [1.165, 1.54) is 11.3 Å². The number of rotatable bonds is 5. The number of thiazole rings is 2. The highest BCUT2D eigenvalue weighted by molar-refractivity contribution is 7.15. The van der Waals surface area contributed by atoms with Crippen molar-refractivity contribution in [1.29, 1.82) is 0 Å². The van der Waals surface area contributed by atoms with E-state index in [-0.39, 0.29) is 17.9 Å². The molecule has 7 nitrogen and oxygen atoms in total. The molecule has 34 heavy (non-hydrogen) atoms. The summed E-state index contributed by atoms with van der Waals surface area (Å²) in [5.74, 6) is 0.775. The lowest BCUT2D eigenvalue weighted by Gasteiger charge is -2.27. The number of likely N-dealkylation sites (tertiary alicyclic amines) is 1. The van der Waals surface area contributed by atoms with Gasteiger partial charge in [0.05, 0.1) is 22.1 Å². The van der Waals surface area contributed by atoms with Crippen LogP contribution in [0.25, 0.3) is 15.4 Å². The van der Waals surface area contributed by atoms with Crippen LogP contribution in [0, 0.1) is 32.6 Å². The third-order valence-corrected chi connectivity index (χ3v) is 8.88. The predicted molar refractivity (Wildman–Crippen MR) is 134 cm³/mol. The third-order valence-electron chi connectivity index (χ3n) is 6.90. The number of aromatic nitrogens is 3. The second-order valence-electron chi connectivity index (χ2n) is 9.31. The van der Waals surface area contributed by atoms with Crippen LogP contribution in [0.4, 0.5) is 0 Å². The maximum absolute atomic E-state index is 13.7. The Morgan fingerprint density at radius 2 is 2.09 bits per heavy atom. The van der Waals surface area contributed by atoms with Crippen LogP contribution in [0.1, 0.15) is 43.7 Å². The average molecular weight is 492 g/mol. The highest BCUT2D eigenvalue weighted by atomic mass is 32.1. The molecule has 1 saturated heterocycles. The minimum Gasteiger partial charge on any atom is -0.349 e. The van der Waals surface area contributed by atoms with E-state index >= 15 is 0 Å². The number of imidazole rings is 1. The van der Waals surface area contributed by atoms with Gasteiger partial charge in [0.1, 0.15) is 11.4 Å². The zero-order chi connectivity index (χ0) is 23.6. The number of benzene rings is 1. The molecule has 0 spiro atoms. The fourth-order valence-electron chi connectivity index (χ4n) is 5.15. The molecule has 6 rings (SSSR count).